The fourth-order valence-corrected chi connectivity index (χ4v) is 3.51. The number of hydrogen-bond acceptors (Lipinski definition) is 4. The van der Waals surface area contributed by atoms with Gasteiger partial charge in [0.2, 0.25) is 0 Å². The van der Waals surface area contributed by atoms with Crippen molar-refractivity contribution in [1.82, 2.24) is 9.29 Å². The third-order valence-electron chi connectivity index (χ3n) is 2.47. The molecule has 0 aromatic carbocycles. The molecule has 2 N–H and O–H groups in total. The zero-order chi connectivity index (χ0) is 13.9. The number of anilines is 1. The second-order valence-electron chi connectivity index (χ2n) is 4.96. The monoisotopic (exact) mass is 271 g/mol. The highest BCUT2D eigenvalue weighted by Crippen LogP contribution is 2.22. The van der Waals surface area contributed by atoms with E-state index in [-0.39, 0.29) is 22.7 Å². The molecular weight excluding hydrogens is 250 g/mol. The van der Waals surface area contributed by atoms with E-state index in [0.29, 0.717) is 6.54 Å². The quantitative estimate of drug-likeness (QED) is 0.884. The molecule has 0 aliphatic rings. The average Bonchev–Trinajstić information content (AvgIpc) is 2.25. The molecule has 1 aromatic heterocycles. The highest BCUT2D eigenvalue weighted by atomic mass is 32.2. The van der Waals surface area contributed by atoms with E-state index in [9.17, 15) is 8.42 Å². The molecule has 0 amide bonds. The van der Waals surface area contributed by atoms with Crippen molar-refractivity contribution in [1.29, 1.82) is 0 Å². The third kappa shape index (κ3) is 3.20. The molecule has 18 heavy (non-hydrogen) atoms. The molecular formula is C12H21N3O2S. The topological polar surface area (TPSA) is 76.3 Å². The lowest BCUT2D eigenvalue weighted by molar-refractivity contribution is 0.318. The average molecular weight is 271 g/mol. The van der Waals surface area contributed by atoms with E-state index in [1.807, 2.05) is 27.7 Å². The lowest BCUT2D eigenvalue weighted by Gasteiger charge is -2.27. The van der Waals surface area contributed by atoms with E-state index >= 15 is 0 Å². The normalized spacial score (nSPS) is 12.6. The summed E-state index contributed by atoms with van der Waals surface area (Å²) in [7, 11) is -3.63. The van der Waals surface area contributed by atoms with Gasteiger partial charge in [0.05, 0.1) is 5.69 Å². The van der Waals surface area contributed by atoms with Crippen molar-refractivity contribution >= 4 is 15.7 Å². The molecule has 102 valence electrons. The van der Waals surface area contributed by atoms with Gasteiger partial charge in [-0.15, -0.1) is 0 Å². The summed E-state index contributed by atoms with van der Waals surface area (Å²) in [5, 5.41) is -0.0562. The highest BCUT2D eigenvalue weighted by molar-refractivity contribution is 7.89. The number of rotatable bonds is 5. The third-order valence-corrected chi connectivity index (χ3v) is 4.49. The molecule has 0 atom stereocenters. The molecule has 0 spiro atoms. The Kier molecular flexibility index (Phi) is 4.70. The molecule has 0 aliphatic heterocycles. The highest BCUT2D eigenvalue weighted by Gasteiger charge is 2.30. The summed E-state index contributed by atoms with van der Waals surface area (Å²) in [6.07, 6.45) is 1.44. The Bertz CT molecular complexity index is 498. The van der Waals surface area contributed by atoms with Crippen molar-refractivity contribution in [3.05, 3.63) is 18.3 Å². The first-order valence-electron chi connectivity index (χ1n) is 5.99. The molecule has 1 heterocycles. The first kappa shape index (κ1) is 14.9. The number of nitrogens with zero attached hydrogens (tertiary/aromatic N) is 2. The van der Waals surface area contributed by atoms with Gasteiger partial charge in [-0.25, -0.2) is 13.4 Å². The van der Waals surface area contributed by atoms with Crippen molar-refractivity contribution in [2.24, 2.45) is 5.92 Å². The van der Waals surface area contributed by atoms with Crippen LogP contribution >= 0.6 is 0 Å². The van der Waals surface area contributed by atoms with E-state index in [2.05, 4.69) is 4.98 Å². The number of pyridine rings is 1. The zero-order valence-corrected chi connectivity index (χ0v) is 12.1. The van der Waals surface area contributed by atoms with Crippen LogP contribution in [0, 0.1) is 5.92 Å². The Morgan fingerprint density at radius 3 is 2.39 bits per heavy atom. The van der Waals surface area contributed by atoms with Gasteiger partial charge in [0.25, 0.3) is 10.0 Å². The molecule has 0 saturated heterocycles. The zero-order valence-electron chi connectivity index (χ0n) is 11.3. The lowest BCUT2D eigenvalue weighted by Crippen LogP contribution is -2.40. The van der Waals surface area contributed by atoms with Crippen LogP contribution in [0.15, 0.2) is 23.4 Å². The van der Waals surface area contributed by atoms with E-state index in [1.165, 1.54) is 10.5 Å². The van der Waals surface area contributed by atoms with Crippen molar-refractivity contribution in [3.8, 4) is 0 Å². The number of nitrogen functional groups attached to an aromatic ring is 1. The summed E-state index contributed by atoms with van der Waals surface area (Å²) in [5.41, 5.74) is 5.89. The molecule has 0 aliphatic carbocycles. The smallest absolute Gasteiger partial charge is 0.262 e. The second-order valence-corrected chi connectivity index (χ2v) is 6.77. The van der Waals surface area contributed by atoms with Gasteiger partial charge in [0.1, 0.15) is 0 Å². The standard InChI is InChI=1S/C12H21N3O2S/c1-9(2)8-15(10(3)4)18(16,17)12-11(13)6-5-7-14-12/h5-7,9-10H,8,13H2,1-4H3. The van der Waals surface area contributed by atoms with Gasteiger partial charge in [-0.2, -0.15) is 4.31 Å². The van der Waals surface area contributed by atoms with Gasteiger partial charge < -0.3 is 5.73 Å². The summed E-state index contributed by atoms with van der Waals surface area (Å²) >= 11 is 0. The largest absolute Gasteiger partial charge is 0.396 e. The van der Waals surface area contributed by atoms with E-state index in [4.69, 9.17) is 5.73 Å². The molecule has 0 fully saturated rings. The number of nitrogens with two attached hydrogens (primary N) is 1. The van der Waals surface area contributed by atoms with Gasteiger partial charge in [0, 0.05) is 18.8 Å². The summed E-state index contributed by atoms with van der Waals surface area (Å²) in [6.45, 7) is 8.10. The number of sulfonamides is 1. The molecule has 0 bridgehead atoms. The van der Waals surface area contributed by atoms with Crippen molar-refractivity contribution in [2.45, 2.75) is 38.8 Å². The summed E-state index contributed by atoms with van der Waals surface area (Å²) in [4.78, 5) is 3.91. The molecule has 6 heteroatoms. The molecule has 1 rings (SSSR count). The van der Waals surface area contributed by atoms with Crippen LogP contribution in [-0.2, 0) is 10.0 Å². The van der Waals surface area contributed by atoms with E-state index in [1.54, 1.807) is 12.1 Å². The second kappa shape index (κ2) is 5.67. The van der Waals surface area contributed by atoms with Crippen LogP contribution in [0.5, 0.6) is 0 Å². The van der Waals surface area contributed by atoms with Gasteiger partial charge in [0.15, 0.2) is 5.03 Å². The van der Waals surface area contributed by atoms with Crippen LogP contribution < -0.4 is 5.73 Å². The van der Waals surface area contributed by atoms with E-state index in [0.717, 1.165) is 0 Å². The molecule has 0 saturated carbocycles. The van der Waals surface area contributed by atoms with Crippen LogP contribution in [0.25, 0.3) is 0 Å². The molecule has 0 unspecified atom stereocenters. The molecule has 5 nitrogen and oxygen atoms in total. The molecule has 1 aromatic rings. The van der Waals surface area contributed by atoms with Crippen LogP contribution in [-0.4, -0.2) is 30.3 Å². The maximum absolute atomic E-state index is 12.5. The Labute approximate surface area is 109 Å². The predicted molar refractivity (Wildman–Crippen MR) is 72.5 cm³/mol. The molecule has 0 radical (unpaired) electrons. The van der Waals surface area contributed by atoms with Crippen molar-refractivity contribution < 1.29 is 8.42 Å². The van der Waals surface area contributed by atoms with Gasteiger partial charge in [-0.05, 0) is 31.9 Å². The van der Waals surface area contributed by atoms with Gasteiger partial charge in [-0.3, -0.25) is 0 Å². The minimum atomic E-state index is -3.63. The number of hydrogen-bond donors (Lipinski definition) is 1. The SMILES string of the molecule is CC(C)CN(C(C)C)S(=O)(=O)c1ncccc1N. The Morgan fingerprint density at radius 1 is 1.33 bits per heavy atom. The lowest BCUT2D eigenvalue weighted by atomic mass is 10.2. The summed E-state index contributed by atoms with van der Waals surface area (Å²) in [6, 6.07) is 3.04. The Balaban J connectivity index is 3.22. The fraction of sp³-hybridized carbons (Fsp3) is 0.583. The van der Waals surface area contributed by atoms with Crippen LogP contribution in [0.4, 0.5) is 5.69 Å². The van der Waals surface area contributed by atoms with Crippen molar-refractivity contribution in [3.63, 3.8) is 0 Å². The summed E-state index contributed by atoms with van der Waals surface area (Å²) < 4.78 is 26.5. The first-order chi connectivity index (χ1) is 8.26. The summed E-state index contributed by atoms with van der Waals surface area (Å²) in [5.74, 6) is 0.243. The minimum Gasteiger partial charge on any atom is -0.396 e. The maximum atomic E-state index is 12.5. The Morgan fingerprint density at radius 2 is 1.94 bits per heavy atom. The van der Waals surface area contributed by atoms with Crippen molar-refractivity contribution in [2.75, 3.05) is 12.3 Å². The predicted octanol–water partition coefficient (Wildman–Crippen LogP) is 1.72. The van der Waals surface area contributed by atoms with Gasteiger partial charge in [-0.1, -0.05) is 13.8 Å². The van der Waals surface area contributed by atoms with Crippen LogP contribution in [0.3, 0.4) is 0 Å². The van der Waals surface area contributed by atoms with Crippen LogP contribution in [0.1, 0.15) is 27.7 Å². The fourth-order valence-electron chi connectivity index (χ4n) is 1.68. The minimum absolute atomic E-state index is 0.0562. The number of aromatic nitrogens is 1. The van der Waals surface area contributed by atoms with Gasteiger partial charge >= 0.3 is 0 Å². The Hall–Kier alpha value is -1.14. The van der Waals surface area contributed by atoms with E-state index < -0.39 is 10.0 Å². The van der Waals surface area contributed by atoms with Crippen LogP contribution in [0.2, 0.25) is 0 Å². The first-order valence-corrected chi connectivity index (χ1v) is 7.43. The maximum Gasteiger partial charge on any atom is 0.262 e.